The highest BCUT2D eigenvalue weighted by Crippen LogP contribution is 2.29. The largest absolute Gasteiger partial charge is 0.507 e. The van der Waals surface area contributed by atoms with Crippen LogP contribution in [0.3, 0.4) is 0 Å². The van der Waals surface area contributed by atoms with Gasteiger partial charge in [-0.05, 0) is 12.3 Å². The van der Waals surface area contributed by atoms with E-state index in [4.69, 9.17) is 0 Å². The van der Waals surface area contributed by atoms with Gasteiger partial charge in [0.05, 0.1) is 11.0 Å². The average molecular weight is 185 g/mol. The van der Waals surface area contributed by atoms with Gasteiger partial charge in [-0.25, -0.2) is 0 Å². The number of nitro groups is 1. The van der Waals surface area contributed by atoms with E-state index in [0.29, 0.717) is 4.90 Å². The smallest absolute Gasteiger partial charge is 0.273 e. The summed E-state index contributed by atoms with van der Waals surface area (Å²) in [6, 6.07) is 4.04. The van der Waals surface area contributed by atoms with Crippen molar-refractivity contribution in [1.29, 1.82) is 0 Å². The first-order valence-corrected chi connectivity index (χ1v) is 4.39. The van der Waals surface area contributed by atoms with Gasteiger partial charge in [0, 0.05) is 11.0 Å². The molecule has 1 N–H and O–H groups in total. The van der Waals surface area contributed by atoms with Gasteiger partial charge in [0.2, 0.25) is 0 Å². The zero-order valence-electron chi connectivity index (χ0n) is 6.35. The summed E-state index contributed by atoms with van der Waals surface area (Å²) in [7, 11) is 0. The number of nitrogens with zero attached hydrogens (tertiary/aromatic N) is 1. The van der Waals surface area contributed by atoms with Crippen LogP contribution in [0.25, 0.3) is 0 Å². The molecule has 1 aromatic carbocycles. The van der Waals surface area contributed by atoms with Crippen LogP contribution in [0.4, 0.5) is 5.69 Å². The monoisotopic (exact) mass is 185 g/mol. The maximum atomic E-state index is 10.2. The minimum absolute atomic E-state index is 0.0447. The molecule has 64 valence electrons. The lowest BCUT2D eigenvalue weighted by molar-refractivity contribution is -0.385. The highest BCUT2D eigenvalue weighted by Gasteiger charge is 2.08. The van der Waals surface area contributed by atoms with E-state index in [1.807, 2.05) is 0 Å². The van der Waals surface area contributed by atoms with E-state index in [9.17, 15) is 15.2 Å². The molecule has 1 rings (SSSR count). The van der Waals surface area contributed by atoms with E-state index in [2.05, 4.69) is 0 Å². The van der Waals surface area contributed by atoms with Crippen molar-refractivity contribution in [1.82, 2.24) is 0 Å². The SMILES string of the molecule is CSc1ccc([N+](=O)[O-])cc1O. The number of phenolic OH excluding ortho intramolecular Hbond substituents is 1. The van der Waals surface area contributed by atoms with Gasteiger partial charge < -0.3 is 5.11 Å². The van der Waals surface area contributed by atoms with E-state index in [1.165, 1.54) is 23.9 Å². The zero-order chi connectivity index (χ0) is 9.14. The first-order chi connectivity index (χ1) is 5.65. The molecule has 0 spiro atoms. The second-order valence-electron chi connectivity index (χ2n) is 2.11. The molecule has 0 fully saturated rings. The number of phenols is 1. The van der Waals surface area contributed by atoms with E-state index in [0.717, 1.165) is 6.07 Å². The van der Waals surface area contributed by atoms with E-state index >= 15 is 0 Å². The van der Waals surface area contributed by atoms with Crippen molar-refractivity contribution >= 4 is 17.4 Å². The van der Waals surface area contributed by atoms with Crippen LogP contribution in [0.1, 0.15) is 0 Å². The summed E-state index contributed by atoms with van der Waals surface area (Å²) in [5.41, 5.74) is -0.0923. The molecule has 0 aliphatic carbocycles. The van der Waals surface area contributed by atoms with Gasteiger partial charge in [0.25, 0.3) is 5.69 Å². The number of benzene rings is 1. The Balaban J connectivity index is 3.10. The molecule has 12 heavy (non-hydrogen) atoms. The molecule has 0 aliphatic heterocycles. The third-order valence-electron chi connectivity index (χ3n) is 1.37. The van der Waals surface area contributed by atoms with Crippen molar-refractivity contribution < 1.29 is 10.0 Å². The Morgan fingerprint density at radius 1 is 1.58 bits per heavy atom. The Morgan fingerprint density at radius 2 is 2.25 bits per heavy atom. The molecule has 4 nitrogen and oxygen atoms in total. The van der Waals surface area contributed by atoms with Gasteiger partial charge in [-0.2, -0.15) is 0 Å². The third kappa shape index (κ3) is 1.68. The Kier molecular flexibility index (Phi) is 2.54. The topological polar surface area (TPSA) is 63.4 Å². The Morgan fingerprint density at radius 3 is 2.67 bits per heavy atom. The number of non-ortho nitro benzene ring substituents is 1. The standard InChI is InChI=1S/C7H7NO3S/c1-12-7-3-2-5(8(10)11)4-6(7)9/h2-4,9H,1H3. The van der Waals surface area contributed by atoms with E-state index < -0.39 is 4.92 Å². The van der Waals surface area contributed by atoms with E-state index in [1.54, 1.807) is 6.26 Å². The first-order valence-electron chi connectivity index (χ1n) is 3.16. The number of nitro benzene ring substituents is 1. The van der Waals surface area contributed by atoms with Crippen molar-refractivity contribution in [3.05, 3.63) is 28.3 Å². The fourth-order valence-electron chi connectivity index (χ4n) is 0.792. The lowest BCUT2D eigenvalue weighted by Crippen LogP contribution is -1.87. The second-order valence-corrected chi connectivity index (χ2v) is 2.96. The maximum absolute atomic E-state index is 10.2. The molecule has 0 unspecified atom stereocenters. The van der Waals surface area contributed by atoms with Crippen LogP contribution in [0.15, 0.2) is 23.1 Å². The summed E-state index contributed by atoms with van der Waals surface area (Å²) in [5.74, 6) is -0.0447. The minimum Gasteiger partial charge on any atom is -0.507 e. The van der Waals surface area contributed by atoms with Crippen molar-refractivity contribution in [3.63, 3.8) is 0 Å². The van der Waals surface area contributed by atoms with Crippen molar-refractivity contribution in [2.45, 2.75) is 4.90 Å². The lowest BCUT2D eigenvalue weighted by Gasteiger charge is -1.98. The molecule has 0 saturated carbocycles. The molecule has 0 amide bonds. The summed E-state index contributed by atoms with van der Waals surface area (Å²) in [6.45, 7) is 0. The third-order valence-corrected chi connectivity index (χ3v) is 2.16. The molecule has 0 atom stereocenters. The van der Waals surface area contributed by atoms with Crippen LogP contribution in [0.2, 0.25) is 0 Å². The summed E-state index contributed by atoms with van der Waals surface area (Å²) >= 11 is 1.34. The van der Waals surface area contributed by atoms with Crippen molar-refractivity contribution in [3.8, 4) is 5.75 Å². The average Bonchev–Trinajstić information content (AvgIpc) is 2.04. The summed E-state index contributed by atoms with van der Waals surface area (Å²) in [5, 5.41) is 19.5. The Labute approximate surface area is 73.4 Å². The molecule has 0 saturated heterocycles. The van der Waals surface area contributed by atoms with Crippen LogP contribution < -0.4 is 0 Å². The first kappa shape index (κ1) is 8.86. The van der Waals surface area contributed by atoms with Gasteiger partial charge in [-0.15, -0.1) is 11.8 Å². The van der Waals surface area contributed by atoms with Gasteiger partial charge in [0.15, 0.2) is 0 Å². The quantitative estimate of drug-likeness (QED) is 0.435. The molecule has 0 aromatic heterocycles. The Hall–Kier alpha value is -1.23. The highest BCUT2D eigenvalue weighted by molar-refractivity contribution is 7.98. The fraction of sp³-hybridized carbons (Fsp3) is 0.143. The highest BCUT2D eigenvalue weighted by atomic mass is 32.2. The molecular weight excluding hydrogens is 178 g/mol. The van der Waals surface area contributed by atoms with E-state index in [-0.39, 0.29) is 11.4 Å². The number of hydrogen-bond donors (Lipinski definition) is 1. The lowest BCUT2D eigenvalue weighted by atomic mass is 10.3. The normalized spacial score (nSPS) is 9.75. The van der Waals surface area contributed by atoms with Crippen molar-refractivity contribution in [2.75, 3.05) is 6.26 Å². The molecule has 0 heterocycles. The van der Waals surface area contributed by atoms with Gasteiger partial charge in [0.1, 0.15) is 5.75 Å². The van der Waals surface area contributed by atoms with Crippen LogP contribution >= 0.6 is 11.8 Å². The molecule has 1 aromatic rings. The summed E-state index contributed by atoms with van der Waals surface area (Å²) in [6.07, 6.45) is 1.79. The summed E-state index contributed by atoms with van der Waals surface area (Å²) < 4.78 is 0. The van der Waals surface area contributed by atoms with Gasteiger partial charge in [-0.3, -0.25) is 10.1 Å². The molecule has 0 radical (unpaired) electrons. The predicted molar refractivity (Wildman–Crippen MR) is 46.5 cm³/mol. The molecule has 5 heteroatoms. The minimum atomic E-state index is -0.538. The van der Waals surface area contributed by atoms with Crippen LogP contribution in [-0.4, -0.2) is 16.3 Å². The molecule has 0 aliphatic rings. The number of aromatic hydroxyl groups is 1. The van der Waals surface area contributed by atoms with Crippen molar-refractivity contribution in [2.24, 2.45) is 0 Å². The predicted octanol–water partition coefficient (Wildman–Crippen LogP) is 2.02. The zero-order valence-corrected chi connectivity index (χ0v) is 7.17. The number of rotatable bonds is 2. The molecular formula is C7H7NO3S. The van der Waals surface area contributed by atoms with Crippen LogP contribution in [0.5, 0.6) is 5.75 Å². The van der Waals surface area contributed by atoms with Crippen LogP contribution in [0, 0.1) is 10.1 Å². The number of thioether (sulfide) groups is 1. The maximum Gasteiger partial charge on any atom is 0.273 e. The number of hydrogen-bond acceptors (Lipinski definition) is 4. The second kappa shape index (κ2) is 3.44. The van der Waals surface area contributed by atoms with Gasteiger partial charge >= 0.3 is 0 Å². The molecule has 0 bridgehead atoms. The Bertz CT molecular complexity index is 314. The van der Waals surface area contributed by atoms with Crippen LogP contribution in [-0.2, 0) is 0 Å². The summed E-state index contributed by atoms with van der Waals surface area (Å²) in [4.78, 5) is 10.3. The van der Waals surface area contributed by atoms with Gasteiger partial charge in [-0.1, -0.05) is 0 Å². The fourth-order valence-corrected chi connectivity index (χ4v) is 1.26.